The van der Waals surface area contributed by atoms with Crippen molar-refractivity contribution in [3.8, 4) is 17.0 Å². The molecule has 0 atom stereocenters. The Bertz CT molecular complexity index is 672. The molecule has 0 aliphatic carbocycles. The number of aromatic nitrogens is 2. The van der Waals surface area contributed by atoms with E-state index < -0.39 is 0 Å². The van der Waals surface area contributed by atoms with E-state index in [1.807, 2.05) is 18.2 Å². The van der Waals surface area contributed by atoms with E-state index in [1.165, 1.54) is 0 Å². The summed E-state index contributed by atoms with van der Waals surface area (Å²) in [7, 11) is 1.73. The van der Waals surface area contributed by atoms with Gasteiger partial charge in [-0.2, -0.15) is 0 Å². The maximum atomic E-state index is 11.7. The molecule has 2 aromatic rings. The van der Waals surface area contributed by atoms with Crippen LogP contribution in [0.2, 0.25) is 0 Å². The summed E-state index contributed by atoms with van der Waals surface area (Å²) in [5, 5.41) is 0. The van der Waals surface area contributed by atoms with E-state index in [0.29, 0.717) is 12.3 Å². The monoisotopic (exact) mass is 270 g/mol. The van der Waals surface area contributed by atoms with Crippen LogP contribution in [-0.4, -0.2) is 29.5 Å². The molecule has 2 N–H and O–H groups in total. The summed E-state index contributed by atoms with van der Waals surface area (Å²) in [5.41, 5.74) is 8.72. The van der Waals surface area contributed by atoms with E-state index in [9.17, 15) is 4.79 Å². The molecule has 0 bridgehead atoms. The number of hydrogen-bond donors (Lipinski definition) is 1. The number of carbonyl (C=O) groups excluding carboxylic acids is 1. The lowest BCUT2D eigenvalue weighted by Gasteiger charge is -2.26. The van der Waals surface area contributed by atoms with Crippen LogP contribution in [0.4, 0.5) is 5.69 Å². The van der Waals surface area contributed by atoms with Gasteiger partial charge < -0.3 is 15.4 Å². The second-order valence-electron chi connectivity index (χ2n) is 4.48. The highest BCUT2D eigenvalue weighted by Crippen LogP contribution is 2.35. The quantitative estimate of drug-likeness (QED) is 0.879. The van der Waals surface area contributed by atoms with Crippen molar-refractivity contribution in [2.45, 2.75) is 6.54 Å². The van der Waals surface area contributed by atoms with Gasteiger partial charge in [0.1, 0.15) is 5.75 Å². The van der Waals surface area contributed by atoms with Gasteiger partial charge in [-0.15, -0.1) is 0 Å². The average Bonchev–Trinajstić information content (AvgIpc) is 2.51. The van der Waals surface area contributed by atoms with Crippen LogP contribution in [0.25, 0.3) is 11.3 Å². The minimum atomic E-state index is -0.0761. The van der Waals surface area contributed by atoms with Gasteiger partial charge in [0.2, 0.25) is 0 Å². The minimum absolute atomic E-state index is 0.0715. The number of ether oxygens (including phenoxy) is 1. The van der Waals surface area contributed by atoms with Crippen LogP contribution < -0.4 is 15.4 Å². The summed E-state index contributed by atoms with van der Waals surface area (Å²) in [6, 6.07) is 5.60. The summed E-state index contributed by atoms with van der Waals surface area (Å²) in [5.74, 6) is 0.613. The Morgan fingerprint density at radius 2 is 2.15 bits per heavy atom. The Balaban J connectivity index is 2.10. The number of rotatable bonds is 2. The highest BCUT2D eigenvalue weighted by molar-refractivity contribution is 5.98. The molecule has 6 nitrogen and oxygen atoms in total. The van der Waals surface area contributed by atoms with Gasteiger partial charge in [0, 0.05) is 31.5 Å². The largest absolute Gasteiger partial charge is 0.482 e. The Morgan fingerprint density at radius 3 is 2.95 bits per heavy atom. The maximum Gasteiger partial charge on any atom is 0.264 e. The Kier molecular flexibility index (Phi) is 3.08. The van der Waals surface area contributed by atoms with E-state index in [-0.39, 0.29) is 12.5 Å². The fourth-order valence-electron chi connectivity index (χ4n) is 2.18. The van der Waals surface area contributed by atoms with Crippen molar-refractivity contribution in [1.82, 2.24) is 9.97 Å². The zero-order valence-electron chi connectivity index (χ0n) is 11.0. The number of anilines is 1. The molecule has 0 saturated heterocycles. The lowest BCUT2D eigenvalue weighted by molar-refractivity contribution is -0.120. The molecular weight excluding hydrogens is 256 g/mol. The highest BCUT2D eigenvalue weighted by atomic mass is 16.5. The first kappa shape index (κ1) is 12.6. The first-order chi connectivity index (χ1) is 9.70. The van der Waals surface area contributed by atoms with Crippen molar-refractivity contribution in [1.29, 1.82) is 0 Å². The maximum absolute atomic E-state index is 11.7. The fourth-order valence-corrected chi connectivity index (χ4v) is 2.18. The molecule has 1 aromatic carbocycles. The number of likely N-dealkylation sites (N-methyl/N-ethyl adjacent to an activating group) is 1. The van der Waals surface area contributed by atoms with Crippen LogP contribution in [0.3, 0.4) is 0 Å². The number of benzene rings is 1. The van der Waals surface area contributed by atoms with Crippen molar-refractivity contribution < 1.29 is 9.53 Å². The predicted octanol–water partition coefficient (Wildman–Crippen LogP) is 0.957. The van der Waals surface area contributed by atoms with E-state index in [0.717, 1.165) is 22.6 Å². The van der Waals surface area contributed by atoms with Crippen molar-refractivity contribution in [2.75, 3.05) is 18.6 Å². The van der Waals surface area contributed by atoms with Crippen molar-refractivity contribution in [3.63, 3.8) is 0 Å². The number of fused-ring (bicyclic) bond motifs is 1. The average molecular weight is 270 g/mol. The van der Waals surface area contributed by atoms with Crippen molar-refractivity contribution >= 4 is 11.6 Å². The summed E-state index contributed by atoms with van der Waals surface area (Å²) in [4.78, 5) is 21.8. The van der Waals surface area contributed by atoms with Gasteiger partial charge in [0.25, 0.3) is 5.91 Å². The van der Waals surface area contributed by atoms with Gasteiger partial charge in [0.05, 0.1) is 17.1 Å². The van der Waals surface area contributed by atoms with E-state index in [4.69, 9.17) is 10.5 Å². The summed E-state index contributed by atoms with van der Waals surface area (Å²) >= 11 is 0. The van der Waals surface area contributed by atoms with Crippen LogP contribution in [0.1, 0.15) is 5.69 Å². The first-order valence-electron chi connectivity index (χ1n) is 6.24. The van der Waals surface area contributed by atoms with Crippen LogP contribution in [0.15, 0.2) is 30.6 Å². The van der Waals surface area contributed by atoms with Gasteiger partial charge in [-0.1, -0.05) is 0 Å². The van der Waals surface area contributed by atoms with Crippen molar-refractivity contribution in [3.05, 3.63) is 36.3 Å². The number of hydrogen-bond acceptors (Lipinski definition) is 5. The molecule has 1 aliphatic heterocycles. The zero-order valence-corrected chi connectivity index (χ0v) is 11.0. The molecule has 0 fully saturated rings. The Labute approximate surface area is 116 Å². The standard InChI is InChI=1S/C14H14N4O2/c1-18-11-6-9(2-3-12(11)20-8-13(18)19)14-10(7-15)16-4-5-17-14/h2-6H,7-8,15H2,1H3. The lowest BCUT2D eigenvalue weighted by atomic mass is 10.1. The lowest BCUT2D eigenvalue weighted by Crippen LogP contribution is -2.35. The normalized spacial score (nSPS) is 13.9. The minimum Gasteiger partial charge on any atom is -0.482 e. The molecule has 0 unspecified atom stereocenters. The highest BCUT2D eigenvalue weighted by Gasteiger charge is 2.23. The molecule has 0 saturated carbocycles. The molecule has 3 rings (SSSR count). The van der Waals surface area contributed by atoms with Gasteiger partial charge in [-0.3, -0.25) is 14.8 Å². The molecule has 102 valence electrons. The number of amides is 1. The summed E-state index contributed by atoms with van der Waals surface area (Å²) in [6.45, 7) is 0.383. The number of nitrogens with zero attached hydrogens (tertiary/aromatic N) is 3. The smallest absolute Gasteiger partial charge is 0.264 e. The van der Waals surface area contributed by atoms with E-state index in [1.54, 1.807) is 24.3 Å². The number of nitrogens with two attached hydrogens (primary N) is 1. The number of carbonyl (C=O) groups is 1. The third-order valence-corrected chi connectivity index (χ3v) is 3.29. The van der Waals surface area contributed by atoms with Crippen molar-refractivity contribution in [2.24, 2.45) is 5.73 Å². The molecule has 20 heavy (non-hydrogen) atoms. The Hall–Kier alpha value is -2.47. The van der Waals surface area contributed by atoms with E-state index >= 15 is 0 Å². The molecular formula is C14H14N4O2. The zero-order chi connectivity index (χ0) is 14.1. The third-order valence-electron chi connectivity index (χ3n) is 3.29. The van der Waals surface area contributed by atoms with Crippen LogP contribution in [-0.2, 0) is 11.3 Å². The van der Waals surface area contributed by atoms with Gasteiger partial charge in [-0.05, 0) is 18.2 Å². The third kappa shape index (κ3) is 2.00. The van der Waals surface area contributed by atoms with Crippen LogP contribution in [0, 0.1) is 0 Å². The van der Waals surface area contributed by atoms with Gasteiger partial charge in [-0.25, -0.2) is 0 Å². The Morgan fingerprint density at radius 1 is 1.35 bits per heavy atom. The molecule has 1 aromatic heterocycles. The predicted molar refractivity (Wildman–Crippen MR) is 74.3 cm³/mol. The molecule has 1 aliphatic rings. The molecule has 2 heterocycles. The van der Waals surface area contributed by atoms with Crippen LogP contribution >= 0.6 is 0 Å². The fraction of sp³-hybridized carbons (Fsp3) is 0.214. The second kappa shape index (κ2) is 4.90. The second-order valence-corrected chi connectivity index (χ2v) is 4.48. The van der Waals surface area contributed by atoms with Gasteiger partial charge >= 0.3 is 0 Å². The van der Waals surface area contributed by atoms with E-state index in [2.05, 4.69) is 9.97 Å². The molecule has 1 amide bonds. The molecule has 0 radical (unpaired) electrons. The first-order valence-corrected chi connectivity index (χ1v) is 6.24. The van der Waals surface area contributed by atoms with Gasteiger partial charge in [0.15, 0.2) is 6.61 Å². The molecule has 0 spiro atoms. The SMILES string of the molecule is CN1C(=O)COc2ccc(-c3nccnc3CN)cc21. The van der Waals surface area contributed by atoms with Crippen LogP contribution in [0.5, 0.6) is 5.75 Å². The summed E-state index contributed by atoms with van der Waals surface area (Å²) in [6.07, 6.45) is 3.24. The summed E-state index contributed by atoms with van der Waals surface area (Å²) < 4.78 is 5.40. The topological polar surface area (TPSA) is 81.3 Å². The molecule has 6 heteroatoms.